The SMILES string of the molecule is Cl.O=C(CC(NC(=O)c1ccccc1Cl)c1ccccc1)NC1CCNCC1. The number of carbonyl (C=O) groups is 2. The van der Waals surface area contributed by atoms with Crippen molar-refractivity contribution < 1.29 is 9.59 Å². The first kappa shape index (κ1) is 22.2. The number of piperidine rings is 1. The molecule has 2 aromatic carbocycles. The molecule has 0 radical (unpaired) electrons. The molecule has 7 heteroatoms. The fourth-order valence-electron chi connectivity index (χ4n) is 3.26. The second-order valence-electron chi connectivity index (χ2n) is 6.71. The van der Waals surface area contributed by atoms with Gasteiger partial charge in [-0.3, -0.25) is 9.59 Å². The van der Waals surface area contributed by atoms with Gasteiger partial charge in [0.2, 0.25) is 5.91 Å². The molecular weight excluding hydrogens is 397 g/mol. The summed E-state index contributed by atoms with van der Waals surface area (Å²) in [7, 11) is 0. The molecular formula is C21H25Cl2N3O2. The van der Waals surface area contributed by atoms with Gasteiger partial charge in [0.25, 0.3) is 5.91 Å². The van der Waals surface area contributed by atoms with Crippen molar-refractivity contribution in [3.63, 3.8) is 0 Å². The van der Waals surface area contributed by atoms with Crippen molar-refractivity contribution in [2.24, 2.45) is 0 Å². The molecule has 150 valence electrons. The van der Waals surface area contributed by atoms with Crippen molar-refractivity contribution in [2.45, 2.75) is 31.3 Å². The van der Waals surface area contributed by atoms with Crippen LogP contribution in [0.3, 0.4) is 0 Å². The Morgan fingerprint density at radius 3 is 2.36 bits per heavy atom. The number of benzene rings is 2. The Balaban J connectivity index is 0.00000280. The van der Waals surface area contributed by atoms with E-state index in [4.69, 9.17) is 11.6 Å². The van der Waals surface area contributed by atoms with E-state index in [2.05, 4.69) is 16.0 Å². The maximum absolute atomic E-state index is 12.7. The van der Waals surface area contributed by atoms with Crippen LogP contribution in [-0.2, 0) is 4.79 Å². The number of carbonyl (C=O) groups excluding carboxylic acids is 2. The topological polar surface area (TPSA) is 70.2 Å². The predicted molar refractivity (Wildman–Crippen MR) is 114 cm³/mol. The van der Waals surface area contributed by atoms with Crippen LogP contribution in [0.4, 0.5) is 0 Å². The number of hydrogen-bond acceptors (Lipinski definition) is 3. The molecule has 1 aliphatic rings. The zero-order valence-corrected chi connectivity index (χ0v) is 17.1. The molecule has 3 N–H and O–H groups in total. The molecule has 28 heavy (non-hydrogen) atoms. The summed E-state index contributed by atoms with van der Waals surface area (Å²) in [4.78, 5) is 25.3. The van der Waals surface area contributed by atoms with Crippen LogP contribution >= 0.6 is 24.0 Å². The molecule has 1 aliphatic heterocycles. The normalized spacial score (nSPS) is 15.2. The molecule has 0 aromatic heterocycles. The minimum atomic E-state index is -0.420. The summed E-state index contributed by atoms with van der Waals surface area (Å²) < 4.78 is 0. The number of rotatable bonds is 6. The zero-order valence-electron chi connectivity index (χ0n) is 15.5. The summed E-state index contributed by atoms with van der Waals surface area (Å²) in [5.41, 5.74) is 1.29. The van der Waals surface area contributed by atoms with E-state index in [1.807, 2.05) is 30.3 Å². The van der Waals surface area contributed by atoms with Gasteiger partial charge in [0, 0.05) is 6.04 Å². The monoisotopic (exact) mass is 421 g/mol. The van der Waals surface area contributed by atoms with Gasteiger partial charge < -0.3 is 16.0 Å². The molecule has 1 fully saturated rings. The third kappa shape index (κ3) is 6.23. The van der Waals surface area contributed by atoms with E-state index in [1.165, 1.54) is 0 Å². The lowest BCUT2D eigenvalue weighted by Gasteiger charge is -2.25. The first-order valence-electron chi connectivity index (χ1n) is 9.24. The molecule has 0 aliphatic carbocycles. The van der Waals surface area contributed by atoms with Gasteiger partial charge in [-0.05, 0) is 43.6 Å². The average Bonchev–Trinajstić information content (AvgIpc) is 2.69. The Kier molecular flexibility index (Phi) is 8.77. The standard InChI is InChI=1S/C21H24ClN3O2.ClH/c22-18-9-5-4-8-17(18)21(27)25-19(15-6-2-1-3-7-15)14-20(26)24-16-10-12-23-13-11-16;/h1-9,16,19,23H,10-14H2,(H,24,26)(H,25,27);1H. The van der Waals surface area contributed by atoms with Crippen molar-refractivity contribution >= 4 is 35.8 Å². The molecule has 0 saturated carbocycles. The van der Waals surface area contributed by atoms with Gasteiger partial charge in [0.05, 0.1) is 23.0 Å². The largest absolute Gasteiger partial charge is 0.353 e. The summed E-state index contributed by atoms with van der Waals surface area (Å²) in [6, 6.07) is 16.2. The van der Waals surface area contributed by atoms with Gasteiger partial charge in [-0.25, -0.2) is 0 Å². The minimum absolute atomic E-state index is 0. The highest BCUT2D eigenvalue weighted by Crippen LogP contribution is 2.20. The Morgan fingerprint density at radius 2 is 1.68 bits per heavy atom. The number of halogens is 2. The Hall–Kier alpha value is -2.08. The van der Waals surface area contributed by atoms with Gasteiger partial charge >= 0.3 is 0 Å². The second-order valence-corrected chi connectivity index (χ2v) is 7.12. The lowest BCUT2D eigenvalue weighted by Crippen LogP contribution is -2.44. The maximum Gasteiger partial charge on any atom is 0.253 e. The summed E-state index contributed by atoms with van der Waals surface area (Å²) in [5.74, 6) is -0.348. The first-order valence-corrected chi connectivity index (χ1v) is 9.61. The summed E-state index contributed by atoms with van der Waals surface area (Å²) in [6.45, 7) is 1.83. The first-order chi connectivity index (χ1) is 13.1. The minimum Gasteiger partial charge on any atom is -0.353 e. The summed E-state index contributed by atoms with van der Waals surface area (Å²) in [6.07, 6.45) is 2.03. The van der Waals surface area contributed by atoms with E-state index in [9.17, 15) is 9.59 Å². The Bertz CT molecular complexity index is 780. The molecule has 3 rings (SSSR count). The van der Waals surface area contributed by atoms with Crippen LogP contribution in [0.5, 0.6) is 0 Å². The molecule has 1 unspecified atom stereocenters. The molecule has 1 saturated heterocycles. The van der Waals surface area contributed by atoms with E-state index < -0.39 is 6.04 Å². The van der Waals surface area contributed by atoms with Crippen molar-refractivity contribution in [2.75, 3.05) is 13.1 Å². The lowest BCUT2D eigenvalue weighted by atomic mass is 10.0. The smallest absolute Gasteiger partial charge is 0.253 e. The molecule has 1 atom stereocenters. The van der Waals surface area contributed by atoms with Crippen LogP contribution in [0.2, 0.25) is 5.02 Å². The highest BCUT2D eigenvalue weighted by molar-refractivity contribution is 6.33. The quantitative estimate of drug-likeness (QED) is 0.668. The Morgan fingerprint density at radius 1 is 1.04 bits per heavy atom. The van der Waals surface area contributed by atoms with Crippen LogP contribution in [0.15, 0.2) is 54.6 Å². The second kappa shape index (κ2) is 11.1. The predicted octanol–water partition coefficient (Wildman–Crippen LogP) is 3.49. The summed E-state index contributed by atoms with van der Waals surface area (Å²) in [5, 5.41) is 9.72. The number of amides is 2. The van der Waals surface area contributed by atoms with Crippen molar-refractivity contribution in [3.05, 3.63) is 70.7 Å². The van der Waals surface area contributed by atoms with Crippen LogP contribution in [0.25, 0.3) is 0 Å². The van der Waals surface area contributed by atoms with Crippen LogP contribution in [0, 0.1) is 0 Å². The van der Waals surface area contributed by atoms with Gasteiger partial charge in [0.15, 0.2) is 0 Å². The Labute approximate surface area is 176 Å². The highest BCUT2D eigenvalue weighted by Gasteiger charge is 2.22. The van der Waals surface area contributed by atoms with Gasteiger partial charge in [-0.2, -0.15) is 0 Å². The van der Waals surface area contributed by atoms with E-state index in [1.54, 1.807) is 24.3 Å². The van der Waals surface area contributed by atoms with E-state index >= 15 is 0 Å². The zero-order chi connectivity index (χ0) is 19.1. The van der Waals surface area contributed by atoms with Gasteiger partial charge in [0.1, 0.15) is 0 Å². The number of nitrogens with one attached hydrogen (secondary N) is 3. The van der Waals surface area contributed by atoms with Crippen molar-refractivity contribution in [1.82, 2.24) is 16.0 Å². The fourth-order valence-corrected chi connectivity index (χ4v) is 3.48. The van der Waals surface area contributed by atoms with Crippen LogP contribution in [-0.4, -0.2) is 30.9 Å². The van der Waals surface area contributed by atoms with Crippen molar-refractivity contribution in [1.29, 1.82) is 0 Å². The fraction of sp³-hybridized carbons (Fsp3) is 0.333. The molecule has 0 bridgehead atoms. The average molecular weight is 422 g/mol. The third-order valence-corrected chi connectivity index (χ3v) is 5.05. The number of hydrogen-bond donors (Lipinski definition) is 3. The highest BCUT2D eigenvalue weighted by atomic mass is 35.5. The lowest BCUT2D eigenvalue weighted by molar-refractivity contribution is -0.122. The molecule has 1 heterocycles. The molecule has 5 nitrogen and oxygen atoms in total. The third-order valence-electron chi connectivity index (χ3n) is 4.72. The van der Waals surface area contributed by atoms with Crippen molar-refractivity contribution in [3.8, 4) is 0 Å². The molecule has 2 amide bonds. The van der Waals surface area contributed by atoms with E-state index in [-0.39, 0.29) is 36.7 Å². The van der Waals surface area contributed by atoms with E-state index in [0.29, 0.717) is 10.6 Å². The summed E-state index contributed by atoms with van der Waals surface area (Å²) >= 11 is 6.14. The molecule has 0 spiro atoms. The van der Waals surface area contributed by atoms with E-state index in [0.717, 1.165) is 31.5 Å². The van der Waals surface area contributed by atoms with Gasteiger partial charge in [-0.15, -0.1) is 12.4 Å². The van der Waals surface area contributed by atoms with Gasteiger partial charge in [-0.1, -0.05) is 54.1 Å². The van der Waals surface area contributed by atoms with Crippen LogP contribution < -0.4 is 16.0 Å². The maximum atomic E-state index is 12.7. The molecule has 2 aromatic rings. The van der Waals surface area contributed by atoms with Crippen LogP contribution in [0.1, 0.15) is 41.2 Å².